The van der Waals surface area contributed by atoms with Crippen LogP contribution in [-0.2, 0) is 11.3 Å². The van der Waals surface area contributed by atoms with Gasteiger partial charge in [0.2, 0.25) is 0 Å². The van der Waals surface area contributed by atoms with Crippen molar-refractivity contribution in [3.63, 3.8) is 0 Å². The van der Waals surface area contributed by atoms with Crippen molar-refractivity contribution in [2.24, 2.45) is 0 Å². The van der Waals surface area contributed by atoms with Gasteiger partial charge in [-0.05, 0) is 29.3 Å². The van der Waals surface area contributed by atoms with Crippen LogP contribution in [0.25, 0.3) is 10.9 Å². The molecule has 0 radical (unpaired) electrons. The summed E-state index contributed by atoms with van der Waals surface area (Å²) in [5, 5.41) is 0.791. The molecule has 0 aliphatic heterocycles. The van der Waals surface area contributed by atoms with E-state index in [9.17, 15) is 9.18 Å². The summed E-state index contributed by atoms with van der Waals surface area (Å²) in [5.74, 6) is -0.427. The number of fused-ring (bicyclic) bond motifs is 1. The lowest BCUT2D eigenvalue weighted by Gasteiger charge is -2.17. The monoisotopic (exact) mass is 387 g/mol. The fourth-order valence-electron chi connectivity index (χ4n) is 3.57. The summed E-state index contributed by atoms with van der Waals surface area (Å²) >= 11 is 0. The molecule has 1 aromatic heterocycles. The molecule has 1 atom stereocenters. The predicted octanol–water partition coefficient (Wildman–Crippen LogP) is 5.88. The van der Waals surface area contributed by atoms with E-state index in [0.717, 1.165) is 22.0 Å². The van der Waals surface area contributed by atoms with E-state index in [1.165, 1.54) is 12.1 Å². The summed E-state index contributed by atoms with van der Waals surface area (Å²) in [6.45, 7) is 0.838. The Balaban J connectivity index is 1.57. The van der Waals surface area contributed by atoms with E-state index in [1.807, 2.05) is 66.9 Å². The average Bonchev–Trinajstić information content (AvgIpc) is 3.17. The smallest absolute Gasteiger partial charge is 0.163 e. The normalized spacial score (nSPS) is 12.2. The summed E-state index contributed by atoms with van der Waals surface area (Å²) in [6, 6.07) is 23.8. The molecule has 0 saturated carbocycles. The first-order valence-electron chi connectivity index (χ1n) is 9.67. The molecule has 3 nitrogen and oxygen atoms in total. The van der Waals surface area contributed by atoms with Crippen LogP contribution in [-0.4, -0.2) is 17.4 Å². The minimum absolute atomic E-state index is 0.0460. The second kappa shape index (κ2) is 8.84. The van der Waals surface area contributed by atoms with Crippen LogP contribution < -0.4 is 0 Å². The Hall–Kier alpha value is -3.24. The molecule has 1 heterocycles. The maximum Gasteiger partial charge on any atom is 0.163 e. The van der Waals surface area contributed by atoms with Gasteiger partial charge in [0, 0.05) is 35.0 Å². The molecule has 0 aliphatic carbocycles. The molecule has 1 N–H and O–H groups in total. The number of rotatable bonds is 8. The van der Waals surface area contributed by atoms with Gasteiger partial charge in [0.15, 0.2) is 5.78 Å². The molecule has 0 aliphatic rings. The molecule has 146 valence electrons. The number of ketones is 1. The number of nitrogens with one attached hydrogen (secondary N) is 1. The van der Waals surface area contributed by atoms with Gasteiger partial charge in [-0.25, -0.2) is 4.39 Å². The molecule has 0 amide bonds. The van der Waals surface area contributed by atoms with Crippen LogP contribution in [0, 0.1) is 5.82 Å². The lowest BCUT2D eigenvalue weighted by molar-refractivity contribution is 0.0868. The fraction of sp³-hybridized carbons (Fsp3) is 0.160. The van der Waals surface area contributed by atoms with Gasteiger partial charge in [-0.1, -0.05) is 60.7 Å². The van der Waals surface area contributed by atoms with Gasteiger partial charge in [0.05, 0.1) is 13.2 Å². The number of benzene rings is 3. The number of hydrogen-bond donors (Lipinski definition) is 1. The van der Waals surface area contributed by atoms with E-state index in [-0.39, 0.29) is 17.5 Å². The highest BCUT2D eigenvalue weighted by Crippen LogP contribution is 2.30. The SMILES string of the molecule is O=C(C[C@@H](COCc1ccccc1)c1c[nH]c2ccc(F)cc12)c1ccccc1. The molecule has 4 aromatic rings. The number of ether oxygens (including phenoxy) is 1. The average molecular weight is 387 g/mol. The summed E-state index contributed by atoms with van der Waals surface area (Å²) in [7, 11) is 0. The van der Waals surface area contributed by atoms with Crippen molar-refractivity contribution in [2.75, 3.05) is 6.61 Å². The number of aromatic nitrogens is 1. The van der Waals surface area contributed by atoms with Crippen molar-refractivity contribution in [1.82, 2.24) is 4.98 Å². The summed E-state index contributed by atoms with van der Waals surface area (Å²) in [4.78, 5) is 16.0. The molecular weight excluding hydrogens is 365 g/mol. The van der Waals surface area contributed by atoms with Crippen molar-refractivity contribution in [3.8, 4) is 0 Å². The Morgan fingerprint density at radius 1 is 0.966 bits per heavy atom. The third kappa shape index (κ3) is 4.61. The van der Waals surface area contributed by atoms with Gasteiger partial charge in [0.1, 0.15) is 5.82 Å². The molecule has 0 spiro atoms. The van der Waals surface area contributed by atoms with Gasteiger partial charge in [-0.2, -0.15) is 0 Å². The minimum Gasteiger partial charge on any atom is -0.376 e. The Bertz CT molecular complexity index is 1090. The number of H-pyrrole nitrogens is 1. The lowest BCUT2D eigenvalue weighted by Crippen LogP contribution is -2.13. The van der Waals surface area contributed by atoms with E-state index in [2.05, 4.69) is 4.98 Å². The molecule has 4 rings (SSSR count). The van der Waals surface area contributed by atoms with E-state index in [0.29, 0.717) is 25.2 Å². The van der Waals surface area contributed by atoms with Crippen molar-refractivity contribution in [1.29, 1.82) is 0 Å². The van der Waals surface area contributed by atoms with Crippen molar-refractivity contribution in [2.45, 2.75) is 18.9 Å². The van der Waals surface area contributed by atoms with Crippen molar-refractivity contribution in [3.05, 3.63) is 108 Å². The quantitative estimate of drug-likeness (QED) is 0.384. The molecule has 0 unspecified atom stereocenters. The first-order chi connectivity index (χ1) is 14.2. The first kappa shape index (κ1) is 19.1. The highest BCUT2D eigenvalue weighted by Gasteiger charge is 2.21. The van der Waals surface area contributed by atoms with Crippen LogP contribution in [0.5, 0.6) is 0 Å². The topological polar surface area (TPSA) is 42.1 Å². The number of Topliss-reactive ketones (excluding diaryl/α,β-unsaturated/α-hetero) is 1. The largest absolute Gasteiger partial charge is 0.376 e. The zero-order valence-corrected chi connectivity index (χ0v) is 16.0. The maximum atomic E-state index is 13.8. The molecule has 0 fully saturated rings. The van der Waals surface area contributed by atoms with Gasteiger partial charge >= 0.3 is 0 Å². The van der Waals surface area contributed by atoms with Gasteiger partial charge in [0.25, 0.3) is 0 Å². The molecule has 0 saturated heterocycles. The summed E-state index contributed by atoms with van der Waals surface area (Å²) < 4.78 is 19.8. The van der Waals surface area contributed by atoms with Crippen molar-refractivity contribution >= 4 is 16.7 Å². The zero-order chi connectivity index (χ0) is 20.1. The Morgan fingerprint density at radius 2 is 1.69 bits per heavy atom. The predicted molar refractivity (Wildman–Crippen MR) is 112 cm³/mol. The highest BCUT2D eigenvalue weighted by molar-refractivity contribution is 5.97. The van der Waals surface area contributed by atoms with Crippen LogP contribution in [0.4, 0.5) is 4.39 Å². The van der Waals surface area contributed by atoms with Gasteiger partial charge in [-0.15, -0.1) is 0 Å². The lowest BCUT2D eigenvalue weighted by atomic mass is 9.92. The second-order valence-corrected chi connectivity index (χ2v) is 7.12. The number of halogens is 1. The Kier molecular flexibility index (Phi) is 5.82. The maximum absolute atomic E-state index is 13.8. The fourth-order valence-corrected chi connectivity index (χ4v) is 3.57. The molecular formula is C25H22FNO2. The first-order valence-corrected chi connectivity index (χ1v) is 9.67. The second-order valence-electron chi connectivity index (χ2n) is 7.12. The molecule has 29 heavy (non-hydrogen) atoms. The molecule has 3 aromatic carbocycles. The third-order valence-electron chi connectivity index (χ3n) is 5.07. The van der Waals surface area contributed by atoms with Crippen LogP contribution in [0.3, 0.4) is 0 Å². The van der Waals surface area contributed by atoms with E-state index >= 15 is 0 Å². The van der Waals surface area contributed by atoms with E-state index < -0.39 is 0 Å². The van der Waals surface area contributed by atoms with E-state index in [4.69, 9.17) is 4.74 Å². The van der Waals surface area contributed by atoms with Crippen LogP contribution in [0.15, 0.2) is 85.1 Å². The minimum atomic E-state index is -0.295. The van der Waals surface area contributed by atoms with E-state index in [1.54, 1.807) is 6.07 Å². The number of carbonyl (C=O) groups is 1. The Labute approximate surface area is 169 Å². The standard InChI is InChI=1S/C25H22FNO2/c26-21-11-12-24-22(14-21)23(15-27-24)20(13-25(28)19-9-5-2-6-10-19)17-29-16-18-7-3-1-4-8-18/h1-12,14-15,20,27H,13,16-17H2/t20-/m0/s1. The van der Waals surface area contributed by atoms with Crippen LogP contribution in [0.2, 0.25) is 0 Å². The van der Waals surface area contributed by atoms with Crippen molar-refractivity contribution < 1.29 is 13.9 Å². The Morgan fingerprint density at radius 3 is 2.45 bits per heavy atom. The van der Waals surface area contributed by atoms with Crippen LogP contribution in [0.1, 0.15) is 33.8 Å². The van der Waals surface area contributed by atoms with Gasteiger partial charge in [-0.3, -0.25) is 4.79 Å². The van der Waals surface area contributed by atoms with Gasteiger partial charge < -0.3 is 9.72 Å². The van der Waals surface area contributed by atoms with Crippen LogP contribution >= 0.6 is 0 Å². The molecule has 0 bridgehead atoms. The number of hydrogen-bond acceptors (Lipinski definition) is 2. The molecule has 4 heteroatoms. The summed E-state index contributed by atoms with van der Waals surface area (Å²) in [6.07, 6.45) is 2.15. The third-order valence-corrected chi connectivity index (χ3v) is 5.07. The number of carbonyl (C=O) groups excluding carboxylic acids is 1. The summed E-state index contributed by atoms with van der Waals surface area (Å²) in [5.41, 5.74) is 3.50. The highest BCUT2D eigenvalue weighted by atomic mass is 19.1. The number of aromatic amines is 1. The zero-order valence-electron chi connectivity index (χ0n) is 16.0.